The molecule has 2 aliphatic rings. The van der Waals surface area contributed by atoms with Gasteiger partial charge in [-0.1, -0.05) is 60.7 Å². The number of rotatable bonds is 6. The van der Waals surface area contributed by atoms with Crippen molar-refractivity contribution in [2.45, 2.75) is 30.3 Å². The number of β-lactam (4-membered cyclic amide) rings is 1. The highest BCUT2D eigenvalue weighted by Crippen LogP contribution is 2.41. The van der Waals surface area contributed by atoms with E-state index in [1.54, 1.807) is 17.8 Å². The van der Waals surface area contributed by atoms with Crippen LogP contribution in [-0.2, 0) is 19.1 Å². The smallest absolute Gasteiger partial charge is 0.355 e. The lowest BCUT2D eigenvalue weighted by molar-refractivity contribution is -0.152. The number of carbonyl (C=O) groups is 2. The van der Waals surface area contributed by atoms with Crippen molar-refractivity contribution in [1.82, 2.24) is 4.90 Å². The predicted molar refractivity (Wildman–Crippen MR) is 107 cm³/mol. The van der Waals surface area contributed by atoms with Crippen LogP contribution in [0.5, 0.6) is 0 Å². The summed E-state index contributed by atoms with van der Waals surface area (Å²) in [5.74, 6) is -0.577. The number of amides is 1. The number of esters is 1. The molecule has 2 atom stereocenters. The Labute approximate surface area is 168 Å². The standard InChI is InChI=1S/C22H21NO4S/c1-2-26-20-13-17(23-18(24)14-19(23)28-20)22(25)27-21(15-9-5-3-6-10-15)16-11-7-4-8-12-16/h3-13,19-21H,2,14H2,1H3/t19-,20?/m1/s1. The zero-order valence-electron chi connectivity index (χ0n) is 15.5. The molecule has 144 valence electrons. The van der Waals surface area contributed by atoms with Gasteiger partial charge >= 0.3 is 5.97 Å². The number of hydrogen-bond acceptors (Lipinski definition) is 5. The van der Waals surface area contributed by atoms with Crippen LogP contribution in [0, 0.1) is 0 Å². The van der Waals surface area contributed by atoms with Crippen molar-refractivity contribution < 1.29 is 19.1 Å². The van der Waals surface area contributed by atoms with Crippen LogP contribution in [0.15, 0.2) is 72.4 Å². The molecule has 0 N–H and O–H groups in total. The van der Waals surface area contributed by atoms with Crippen molar-refractivity contribution in [3.63, 3.8) is 0 Å². The topological polar surface area (TPSA) is 55.8 Å². The van der Waals surface area contributed by atoms with Gasteiger partial charge in [0.05, 0.1) is 11.8 Å². The van der Waals surface area contributed by atoms with Crippen molar-refractivity contribution in [3.8, 4) is 0 Å². The van der Waals surface area contributed by atoms with E-state index in [1.807, 2.05) is 67.6 Å². The second-order valence-corrected chi connectivity index (χ2v) is 7.82. The van der Waals surface area contributed by atoms with Gasteiger partial charge < -0.3 is 9.47 Å². The number of benzene rings is 2. The normalized spacial score (nSPS) is 21.0. The third kappa shape index (κ3) is 3.70. The maximum absolute atomic E-state index is 13.1. The first-order chi connectivity index (χ1) is 13.7. The summed E-state index contributed by atoms with van der Waals surface area (Å²) in [5, 5.41) is -0.0662. The zero-order chi connectivity index (χ0) is 19.5. The number of fused-ring (bicyclic) bond motifs is 1. The Balaban J connectivity index is 1.63. The second-order valence-electron chi connectivity index (χ2n) is 6.54. The Kier molecular flexibility index (Phi) is 5.50. The molecular weight excluding hydrogens is 374 g/mol. The lowest BCUT2D eigenvalue weighted by Crippen LogP contribution is -2.54. The van der Waals surface area contributed by atoms with Crippen molar-refractivity contribution in [2.75, 3.05) is 6.61 Å². The lowest BCUT2D eigenvalue weighted by Gasteiger charge is -2.44. The molecule has 2 aliphatic heterocycles. The maximum atomic E-state index is 13.1. The Morgan fingerprint density at radius 2 is 1.71 bits per heavy atom. The van der Waals surface area contributed by atoms with Crippen LogP contribution in [0.25, 0.3) is 0 Å². The third-order valence-electron chi connectivity index (χ3n) is 4.72. The fourth-order valence-corrected chi connectivity index (χ4v) is 4.68. The van der Waals surface area contributed by atoms with Crippen LogP contribution >= 0.6 is 11.8 Å². The van der Waals surface area contributed by atoms with E-state index in [1.165, 1.54) is 4.90 Å². The molecule has 0 saturated carbocycles. The van der Waals surface area contributed by atoms with E-state index >= 15 is 0 Å². The summed E-state index contributed by atoms with van der Waals surface area (Å²) in [6.07, 6.45) is 1.56. The van der Waals surface area contributed by atoms with Crippen molar-refractivity contribution >= 4 is 23.6 Å². The maximum Gasteiger partial charge on any atom is 0.355 e. The molecule has 0 radical (unpaired) electrons. The lowest BCUT2D eigenvalue weighted by atomic mass is 10.0. The first-order valence-corrected chi connectivity index (χ1v) is 10.2. The molecule has 28 heavy (non-hydrogen) atoms. The summed E-state index contributed by atoms with van der Waals surface area (Å²) in [6.45, 7) is 2.44. The first kappa shape index (κ1) is 18.8. The molecule has 1 amide bonds. The fourth-order valence-electron chi connectivity index (χ4n) is 3.36. The summed E-state index contributed by atoms with van der Waals surface area (Å²) >= 11 is 1.54. The Bertz CT molecular complexity index is 844. The van der Waals surface area contributed by atoms with Crippen LogP contribution < -0.4 is 0 Å². The molecule has 5 nitrogen and oxygen atoms in total. The molecule has 2 aromatic carbocycles. The quantitative estimate of drug-likeness (QED) is 0.549. The summed E-state index contributed by atoms with van der Waals surface area (Å²) < 4.78 is 11.6. The highest BCUT2D eigenvalue weighted by atomic mass is 32.2. The Morgan fingerprint density at radius 1 is 1.11 bits per heavy atom. The number of nitrogens with zero attached hydrogens (tertiary/aromatic N) is 1. The largest absolute Gasteiger partial charge is 0.448 e. The van der Waals surface area contributed by atoms with E-state index < -0.39 is 12.1 Å². The highest BCUT2D eigenvalue weighted by molar-refractivity contribution is 8.00. The molecule has 1 unspecified atom stereocenters. The third-order valence-corrected chi connectivity index (χ3v) is 5.95. The molecule has 6 heteroatoms. The SMILES string of the molecule is CCOC1C=C(C(=O)OC(c2ccccc2)c2ccccc2)N2C(=O)C[C@H]2S1. The molecule has 1 saturated heterocycles. The first-order valence-electron chi connectivity index (χ1n) is 9.29. The molecule has 0 spiro atoms. The van der Waals surface area contributed by atoms with E-state index in [0.29, 0.717) is 13.0 Å². The number of ether oxygens (including phenoxy) is 2. The molecule has 0 aliphatic carbocycles. The van der Waals surface area contributed by atoms with Crippen LogP contribution in [0.2, 0.25) is 0 Å². The summed E-state index contributed by atoms with van der Waals surface area (Å²) in [6, 6.07) is 19.2. The number of carbonyl (C=O) groups excluding carboxylic acids is 2. The van der Waals surface area contributed by atoms with E-state index in [2.05, 4.69) is 0 Å². The van der Waals surface area contributed by atoms with Gasteiger partial charge in [-0.15, -0.1) is 11.8 Å². The minimum atomic E-state index is -0.550. The minimum Gasteiger partial charge on any atom is -0.448 e. The summed E-state index contributed by atoms with van der Waals surface area (Å²) in [7, 11) is 0. The van der Waals surface area contributed by atoms with Gasteiger partial charge in [0.1, 0.15) is 11.1 Å². The average molecular weight is 395 g/mol. The van der Waals surface area contributed by atoms with Crippen LogP contribution in [0.1, 0.15) is 30.6 Å². The Morgan fingerprint density at radius 3 is 2.25 bits per heavy atom. The van der Waals surface area contributed by atoms with Crippen LogP contribution in [0.4, 0.5) is 0 Å². The summed E-state index contributed by atoms with van der Waals surface area (Å²) in [5.41, 5.74) is 1.77. The number of thioether (sulfide) groups is 1. The van der Waals surface area contributed by atoms with Gasteiger partial charge in [-0.2, -0.15) is 0 Å². The van der Waals surface area contributed by atoms with Gasteiger partial charge in [0.2, 0.25) is 5.91 Å². The predicted octanol–water partition coefficient (Wildman–Crippen LogP) is 3.87. The minimum absolute atomic E-state index is 0.0633. The molecule has 2 aromatic rings. The number of hydrogen-bond donors (Lipinski definition) is 0. The van der Waals surface area contributed by atoms with Gasteiger partial charge in [-0.05, 0) is 24.1 Å². The molecule has 2 heterocycles. The molecule has 0 aromatic heterocycles. The molecule has 4 rings (SSSR count). The second kappa shape index (κ2) is 8.20. The van der Waals surface area contributed by atoms with E-state index in [9.17, 15) is 9.59 Å². The monoisotopic (exact) mass is 395 g/mol. The highest BCUT2D eigenvalue weighted by Gasteiger charge is 2.46. The van der Waals surface area contributed by atoms with Crippen molar-refractivity contribution in [3.05, 3.63) is 83.6 Å². The molecule has 1 fully saturated rings. The van der Waals surface area contributed by atoms with Crippen molar-refractivity contribution in [2.24, 2.45) is 0 Å². The average Bonchev–Trinajstić information content (AvgIpc) is 2.72. The van der Waals surface area contributed by atoms with Gasteiger partial charge in [0.25, 0.3) is 0 Å². The molecular formula is C22H21NO4S. The van der Waals surface area contributed by atoms with E-state index in [4.69, 9.17) is 9.47 Å². The van der Waals surface area contributed by atoms with Gasteiger partial charge in [-0.3, -0.25) is 9.69 Å². The van der Waals surface area contributed by atoms with Crippen LogP contribution in [-0.4, -0.2) is 34.2 Å². The van der Waals surface area contributed by atoms with Gasteiger partial charge in [-0.25, -0.2) is 4.79 Å². The van der Waals surface area contributed by atoms with Gasteiger partial charge in [0.15, 0.2) is 6.10 Å². The van der Waals surface area contributed by atoms with Gasteiger partial charge in [0, 0.05) is 6.61 Å². The fraction of sp³-hybridized carbons (Fsp3) is 0.273. The van der Waals surface area contributed by atoms with Crippen LogP contribution in [0.3, 0.4) is 0 Å². The zero-order valence-corrected chi connectivity index (χ0v) is 16.3. The van der Waals surface area contributed by atoms with E-state index in [0.717, 1.165) is 11.1 Å². The van der Waals surface area contributed by atoms with Crippen molar-refractivity contribution in [1.29, 1.82) is 0 Å². The summed E-state index contributed by atoms with van der Waals surface area (Å²) in [4.78, 5) is 26.7. The molecule has 0 bridgehead atoms. The Hall–Kier alpha value is -2.57. The van der Waals surface area contributed by atoms with E-state index in [-0.39, 0.29) is 22.4 Å².